The summed E-state index contributed by atoms with van der Waals surface area (Å²) in [5, 5.41) is 3.22. The Hall–Kier alpha value is -0.950. The molecule has 1 aliphatic heterocycles. The number of Topliss-reactive ketones (excluding diaryl/α,β-unsaturated/α-hetero) is 1. The Morgan fingerprint density at radius 1 is 1.29 bits per heavy atom. The first kappa shape index (κ1) is 18.1. The summed E-state index contributed by atoms with van der Waals surface area (Å²) in [5.74, 6) is -0.133. The van der Waals surface area contributed by atoms with E-state index < -0.39 is 10.0 Å². The van der Waals surface area contributed by atoms with Crippen molar-refractivity contribution >= 4 is 28.2 Å². The molecule has 1 aromatic rings. The minimum absolute atomic E-state index is 0. The molecule has 2 rings (SSSR count). The van der Waals surface area contributed by atoms with Crippen molar-refractivity contribution in [3.8, 4) is 0 Å². The standard InChI is InChI=1S/C14H20N2O3S.ClH/c1-11(17)12-4-3-5-14(10-12)20(18,19)16(2)13-6-8-15-9-7-13;/h3-5,10,13,15H,6-9H2,1-2H3;1H. The van der Waals surface area contributed by atoms with Gasteiger partial charge in [0.05, 0.1) is 4.90 Å². The smallest absolute Gasteiger partial charge is 0.243 e. The summed E-state index contributed by atoms with van der Waals surface area (Å²) in [7, 11) is -1.92. The number of hydrogen-bond donors (Lipinski definition) is 1. The van der Waals surface area contributed by atoms with Crippen molar-refractivity contribution in [3.05, 3.63) is 29.8 Å². The third-order valence-electron chi connectivity index (χ3n) is 3.74. The quantitative estimate of drug-likeness (QED) is 0.852. The van der Waals surface area contributed by atoms with Gasteiger partial charge >= 0.3 is 0 Å². The van der Waals surface area contributed by atoms with E-state index >= 15 is 0 Å². The molecule has 1 saturated heterocycles. The molecule has 0 spiro atoms. The van der Waals surface area contributed by atoms with Crippen LogP contribution in [0, 0.1) is 0 Å². The first-order chi connectivity index (χ1) is 9.43. The predicted molar refractivity (Wildman–Crippen MR) is 84.5 cm³/mol. The highest BCUT2D eigenvalue weighted by Gasteiger charge is 2.29. The van der Waals surface area contributed by atoms with Crippen LogP contribution in [-0.4, -0.2) is 44.7 Å². The second-order valence-corrected chi connectivity index (χ2v) is 7.08. The Labute approximate surface area is 132 Å². The van der Waals surface area contributed by atoms with Crippen molar-refractivity contribution in [1.82, 2.24) is 9.62 Å². The topological polar surface area (TPSA) is 66.5 Å². The van der Waals surface area contributed by atoms with Gasteiger partial charge in [0.2, 0.25) is 10.0 Å². The molecule has 0 amide bonds. The molecule has 0 unspecified atom stereocenters. The molecule has 0 saturated carbocycles. The summed E-state index contributed by atoms with van der Waals surface area (Å²) in [5.41, 5.74) is 0.421. The zero-order valence-corrected chi connectivity index (χ0v) is 13.8. The lowest BCUT2D eigenvalue weighted by atomic mass is 10.1. The second kappa shape index (κ2) is 7.35. The molecule has 1 N–H and O–H groups in total. The van der Waals surface area contributed by atoms with E-state index in [0.29, 0.717) is 5.56 Å². The summed E-state index contributed by atoms with van der Waals surface area (Å²) >= 11 is 0. The van der Waals surface area contributed by atoms with Gasteiger partial charge in [-0.1, -0.05) is 12.1 Å². The summed E-state index contributed by atoms with van der Waals surface area (Å²) in [6.45, 7) is 3.10. The number of halogens is 1. The number of piperidine rings is 1. The number of ketones is 1. The van der Waals surface area contributed by atoms with Crippen LogP contribution < -0.4 is 5.32 Å². The van der Waals surface area contributed by atoms with E-state index in [-0.39, 0.29) is 29.1 Å². The summed E-state index contributed by atoms with van der Waals surface area (Å²) in [6.07, 6.45) is 1.62. The molecule has 0 radical (unpaired) electrons. The molecular weight excluding hydrogens is 312 g/mol. The number of rotatable bonds is 4. The highest BCUT2D eigenvalue weighted by Crippen LogP contribution is 2.21. The van der Waals surface area contributed by atoms with E-state index in [2.05, 4.69) is 5.32 Å². The van der Waals surface area contributed by atoms with E-state index in [0.717, 1.165) is 25.9 Å². The van der Waals surface area contributed by atoms with E-state index in [1.165, 1.54) is 17.3 Å². The molecule has 0 bridgehead atoms. The van der Waals surface area contributed by atoms with Crippen molar-refractivity contribution in [2.45, 2.75) is 30.7 Å². The highest BCUT2D eigenvalue weighted by molar-refractivity contribution is 7.89. The van der Waals surface area contributed by atoms with E-state index in [4.69, 9.17) is 0 Å². The Kier molecular flexibility index (Phi) is 6.34. The molecule has 118 valence electrons. The maximum atomic E-state index is 12.6. The average molecular weight is 333 g/mol. The number of benzene rings is 1. The first-order valence-corrected chi connectivity index (χ1v) is 8.16. The molecule has 0 atom stereocenters. The average Bonchev–Trinajstić information content (AvgIpc) is 2.47. The van der Waals surface area contributed by atoms with Gasteiger partial charge in [0.15, 0.2) is 5.78 Å². The minimum Gasteiger partial charge on any atom is -0.317 e. The predicted octanol–water partition coefficient (Wildman–Crippen LogP) is 1.68. The Balaban J connectivity index is 0.00000220. The maximum Gasteiger partial charge on any atom is 0.243 e. The van der Waals surface area contributed by atoms with Crippen molar-refractivity contribution in [2.75, 3.05) is 20.1 Å². The van der Waals surface area contributed by atoms with Crippen LogP contribution in [0.3, 0.4) is 0 Å². The van der Waals surface area contributed by atoms with E-state index in [1.54, 1.807) is 25.2 Å². The van der Waals surface area contributed by atoms with Crippen molar-refractivity contribution < 1.29 is 13.2 Å². The van der Waals surface area contributed by atoms with Gasteiger partial charge in [-0.25, -0.2) is 8.42 Å². The molecule has 0 aromatic heterocycles. The summed E-state index contributed by atoms with van der Waals surface area (Å²) in [4.78, 5) is 11.6. The number of hydrogen-bond acceptors (Lipinski definition) is 4. The van der Waals surface area contributed by atoms with Crippen molar-refractivity contribution in [1.29, 1.82) is 0 Å². The monoisotopic (exact) mass is 332 g/mol. The van der Waals surface area contributed by atoms with Crippen LogP contribution in [0.4, 0.5) is 0 Å². The number of sulfonamides is 1. The maximum absolute atomic E-state index is 12.6. The van der Waals surface area contributed by atoms with Gasteiger partial charge in [-0.3, -0.25) is 4.79 Å². The molecular formula is C14H21ClN2O3S. The lowest BCUT2D eigenvalue weighted by Gasteiger charge is -2.30. The lowest BCUT2D eigenvalue weighted by Crippen LogP contribution is -2.43. The fourth-order valence-electron chi connectivity index (χ4n) is 2.41. The fraction of sp³-hybridized carbons (Fsp3) is 0.500. The van der Waals surface area contributed by atoms with E-state index in [1.807, 2.05) is 0 Å². The molecule has 21 heavy (non-hydrogen) atoms. The van der Waals surface area contributed by atoms with Crippen molar-refractivity contribution in [2.24, 2.45) is 0 Å². The lowest BCUT2D eigenvalue weighted by molar-refractivity contribution is 0.101. The van der Waals surface area contributed by atoms with Gasteiger partial charge in [-0.15, -0.1) is 12.4 Å². The first-order valence-electron chi connectivity index (χ1n) is 6.72. The normalized spacial score (nSPS) is 16.5. The SMILES string of the molecule is CC(=O)c1cccc(S(=O)(=O)N(C)C2CCNCC2)c1.Cl. The highest BCUT2D eigenvalue weighted by atomic mass is 35.5. The van der Waals surface area contributed by atoms with Gasteiger partial charge in [0, 0.05) is 18.7 Å². The second-order valence-electron chi connectivity index (χ2n) is 5.09. The number of nitrogens with one attached hydrogen (secondary N) is 1. The Morgan fingerprint density at radius 3 is 2.48 bits per heavy atom. The van der Waals surface area contributed by atoms with Gasteiger partial charge in [-0.05, 0) is 45.0 Å². The Bertz CT molecular complexity index is 598. The third-order valence-corrected chi connectivity index (χ3v) is 5.65. The number of nitrogens with zero attached hydrogens (tertiary/aromatic N) is 1. The fourth-order valence-corrected chi connectivity index (χ4v) is 3.87. The third kappa shape index (κ3) is 4.03. The molecule has 1 aromatic carbocycles. The Morgan fingerprint density at radius 2 is 1.90 bits per heavy atom. The van der Waals surface area contributed by atoms with Gasteiger partial charge in [0.1, 0.15) is 0 Å². The summed E-state index contributed by atoms with van der Waals surface area (Å²) in [6, 6.07) is 6.25. The van der Waals surface area contributed by atoms with Crippen LogP contribution >= 0.6 is 12.4 Å². The summed E-state index contributed by atoms with van der Waals surface area (Å²) < 4.78 is 26.6. The van der Waals surface area contributed by atoms with E-state index in [9.17, 15) is 13.2 Å². The van der Waals surface area contributed by atoms with Gasteiger partial charge in [0.25, 0.3) is 0 Å². The van der Waals surface area contributed by atoms with Gasteiger partial charge in [-0.2, -0.15) is 4.31 Å². The molecule has 1 aliphatic rings. The molecule has 7 heteroatoms. The van der Waals surface area contributed by atoms with Crippen LogP contribution in [0.1, 0.15) is 30.1 Å². The van der Waals surface area contributed by atoms with Crippen LogP contribution in [0.15, 0.2) is 29.2 Å². The van der Waals surface area contributed by atoms with Crippen molar-refractivity contribution in [3.63, 3.8) is 0 Å². The minimum atomic E-state index is -3.54. The van der Waals surface area contributed by atoms with Crippen LogP contribution in [0.2, 0.25) is 0 Å². The largest absolute Gasteiger partial charge is 0.317 e. The molecule has 1 fully saturated rings. The number of carbonyl (C=O) groups excluding carboxylic acids is 1. The molecule has 5 nitrogen and oxygen atoms in total. The zero-order chi connectivity index (χ0) is 14.8. The van der Waals surface area contributed by atoms with Gasteiger partial charge < -0.3 is 5.32 Å². The van der Waals surface area contributed by atoms with Crippen LogP contribution in [0.5, 0.6) is 0 Å². The zero-order valence-electron chi connectivity index (χ0n) is 12.2. The molecule has 0 aliphatic carbocycles. The van der Waals surface area contributed by atoms with Crippen LogP contribution in [-0.2, 0) is 10.0 Å². The van der Waals surface area contributed by atoms with Crippen LogP contribution in [0.25, 0.3) is 0 Å². The molecule has 1 heterocycles. The number of carbonyl (C=O) groups is 1.